The third-order valence-electron chi connectivity index (χ3n) is 5.35. The van der Waals surface area contributed by atoms with E-state index in [-0.39, 0.29) is 0 Å². The lowest BCUT2D eigenvalue weighted by atomic mass is 9.99. The van der Waals surface area contributed by atoms with Crippen molar-refractivity contribution in [1.82, 2.24) is 14.7 Å². The van der Waals surface area contributed by atoms with Gasteiger partial charge in [-0.05, 0) is 43.5 Å². The molecule has 0 saturated heterocycles. The number of Topliss-reactive ketones (excluding diaryl/α,β-unsaturated/α-hetero) is 1. The number of aromatic nitrogens is 2. The van der Waals surface area contributed by atoms with Gasteiger partial charge < -0.3 is 4.90 Å². The molecular formula is C24H23N3O2. The summed E-state index contributed by atoms with van der Waals surface area (Å²) in [4.78, 5) is 27.5. The summed E-state index contributed by atoms with van der Waals surface area (Å²) >= 11 is 0. The van der Waals surface area contributed by atoms with Gasteiger partial charge in [0.05, 0.1) is 22.6 Å². The van der Waals surface area contributed by atoms with E-state index < -0.39 is 11.7 Å². The van der Waals surface area contributed by atoms with Crippen LogP contribution in [0.4, 0.5) is 0 Å². The van der Waals surface area contributed by atoms with Gasteiger partial charge in [0.15, 0.2) is 0 Å². The van der Waals surface area contributed by atoms with Crippen LogP contribution in [0.1, 0.15) is 33.7 Å². The van der Waals surface area contributed by atoms with Crippen LogP contribution in [0.25, 0.3) is 11.3 Å². The van der Waals surface area contributed by atoms with E-state index in [1.165, 1.54) is 11.1 Å². The Morgan fingerprint density at radius 3 is 2.21 bits per heavy atom. The molecule has 5 heteroatoms. The zero-order chi connectivity index (χ0) is 20.4. The highest BCUT2D eigenvalue weighted by molar-refractivity contribution is 6.43. The first-order valence-electron chi connectivity index (χ1n) is 9.76. The largest absolute Gasteiger partial charge is 0.332 e. The average Bonchev–Trinajstić information content (AvgIpc) is 3.08. The molecule has 5 nitrogen and oxygen atoms in total. The molecule has 0 radical (unpaired) electrons. The fourth-order valence-corrected chi connectivity index (χ4v) is 3.81. The third-order valence-corrected chi connectivity index (χ3v) is 5.35. The molecule has 3 aromatic rings. The van der Waals surface area contributed by atoms with Gasteiger partial charge in [-0.1, -0.05) is 54.6 Å². The first kappa shape index (κ1) is 18.9. The van der Waals surface area contributed by atoms with Crippen molar-refractivity contribution in [3.8, 4) is 5.69 Å². The summed E-state index contributed by atoms with van der Waals surface area (Å²) in [5, 5.41) is 4.49. The molecule has 0 aliphatic carbocycles. The maximum absolute atomic E-state index is 13.0. The maximum Gasteiger partial charge on any atom is 0.295 e. The number of rotatable bonds is 4. The van der Waals surface area contributed by atoms with Gasteiger partial charge in [-0.25, -0.2) is 4.68 Å². The van der Waals surface area contributed by atoms with Crippen LogP contribution < -0.4 is 0 Å². The number of amides is 1. The number of nitrogens with zero attached hydrogens (tertiary/aromatic N) is 3. The molecule has 0 fully saturated rings. The quantitative estimate of drug-likeness (QED) is 0.504. The fraction of sp³-hybridized carbons (Fsp3) is 0.208. The lowest BCUT2D eigenvalue weighted by Gasteiger charge is -2.26. The minimum absolute atomic E-state index is 0.400. The van der Waals surface area contributed by atoms with Crippen LogP contribution in [0, 0.1) is 13.8 Å². The van der Waals surface area contributed by atoms with E-state index in [0.717, 1.165) is 12.1 Å². The molecule has 1 aromatic heterocycles. The van der Waals surface area contributed by atoms with Crippen molar-refractivity contribution >= 4 is 17.3 Å². The normalized spacial score (nSPS) is 13.9. The van der Waals surface area contributed by atoms with Gasteiger partial charge in [-0.3, -0.25) is 9.59 Å². The maximum atomic E-state index is 13.0. The Labute approximate surface area is 170 Å². The topological polar surface area (TPSA) is 55.2 Å². The number of benzene rings is 2. The summed E-state index contributed by atoms with van der Waals surface area (Å²) in [7, 11) is 0. The summed E-state index contributed by atoms with van der Waals surface area (Å²) < 4.78 is 1.72. The summed E-state index contributed by atoms with van der Waals surface area (Å²) in [5.41, 5.74) is 4.91. The molecule has 0 spiro atoms. The van der Waals surface area contributed by atoms with Crippen LogP contribution in [0.3, 0.4) is 0 Å². The van der Waals surface area contributed by atoms with Crippen molar-refractivity contribution in [3.05, 3.63) is 89.3 Å². The average molecular weight is 385 g/mol. The number of hydrogen-bond donors (Lipinski definition) is 0. The van der Waals surface area contributed by atoms with Crippen molar-refractivity contribution in [2.45, 2.75) is 20.3 Å². The van der Waals surface area contributed by atoms with Crippen LogP contribution in [-0.4, -0.2) is 39.5 Å². The number of ketones is 1. The highest BCUT2D eigenvalue weighted by atomic mass is 16.2. The molecule has 4 rings (SSSR count). The molecule has 1 aliphatic heterocycles. The van der Waals surface area contributed by atoms with Gasteiger partial charge in [0.2, 0.25) is 0 Å². The number of carbonyl (C=O) groups is 2. The van der Waals surface area contributed by atoms with Crippen LogP contribution in [0.5, 0.6) is 0 Å². The van der Waals surface area contributed by atoms with Crippen molar-refractivity contribution in [2.24, 2.45) is 0 Å². The van der Waals surface area contributed by atoms with Crippen molar-refractivity contribution < 1.29 is 9.59 Å². The van der Waals surface area contributed by atoms with Crippen LogP contribution in [0.15, 0.2) is 66.7 Å². The van der Waals surface area contributed by atoms with Crippen molar-refractivity contribution in [3.63, 3.8) is 0 Å². The Kier molecular flexibility index (Phi) is 5.12. The van der Waals surface area contributed by atoms with E-state index in [1.807, 2.05) is 61.5 Å². The number of para-hydroxylation sites is 1. The second-order valence-electron chi connectivity index (χ2n) is 7.22. The second-order valence-corrected chi connectivity index (χ2v) is 7.22. The van der Waals surface area contributed by atoms with Crippen LogP contribution in [0.2, 0.25) is 0 Å². The summed E-state index contributed by atoms with van der Waals surface area (Å²) in [6, 6.07) is 19.8. The number of carbonyl (C=O) groups excluding carboxylic acids is 2. The third kappa shape index (κ3) is 3.63. The molecule has 146 valence electrons. The second kappa shape index (κ2) is 7.87. The van der Waals surface area contributed by atoms with Crippen LogP contribution in [-0.2, 0) is 4.79 Å². The standard InChI is InChI=1S/C24H23N3O2/c1-17-22(18(2)27(25-17)21-11-7-4-8-12-21)23(28)24(29)26-15-13-20(14-16-26)19-9-5-3-6-10-19/h3-13H,14-16H2,1-2H3. The molecule has 0 unspecified atom stereocenters. The number of hydrogen-bond acceptors (Lipinski definition) is 3. The highest BCUT2D eigenvalue weighted by Gasteiger charge is 2.29. The molecule has 29 heavy (non-hydrogen) atoms. The summed E-state index contributed by atoms with van der Waals surface area (Å²) in [6.45, 7) is 4.59. The molecule has 0 saturated carbocycles. The fourth-order valence-electron chi connectivity index (χ4n) is 3.81. The smallest absolute Gasteiger partial charge is 0.295 e. The molecule has 2 heterocycles. The molecule has 1 amide bonds. The van der Waals surface area contributed by atoms with Gasteiger partial charge in [-0.15, -0.1) is 0 Å². The van der Waals surface area contributed by atoms with E-state index >= 15 is 0 Å². The van der Waals surface area contributed by atoms with Gasteiger partial charge in [0, 0.05) is 13.1 Å². The van der Waals surface area contributed by atoms with Crippen molar-refractivity contribution in [1.29, 1.82) is 0 Å². The van der Waals surface area contributed by atoms with Gasteiger partial charge in [0.1, 0.15) is 0 Å². The lowest BCUT2D eigenvalue weighted by Crippen LogP contribution is -2.39. The molecule has 0 N–H and O–H groups in total. The molecule has 2 aromatic carbocycles. The van der Waals surface area contributed by atoms with Crippen LogP contribution >= 0.6 is 0 Å². The van der Waals surface area contributed by atoms with E-state index in [1.54, 1.807) is 16.5 Å². The Hall–Kier alpha value is -3.47. The summed E-state index contributed by atoms with van der Waals surface area (Å²) in [6.07, 6.45) is 2.78. The van der Waals surface area contributed by atoms with E-state index in [4.69, 9.17) is 0 Å². The van der Waals surface area contributed by atoms with Crippen molar-refractivity contribution in [2.75, 3.05) is 13.1 Å². The Balaban J connectivity index is 1.54. The van der Waals surface area contributed by atoms with E-state index in [0.29, 0.717) is 30.0 Å². The van der Waals surface area contributed by atoms with Gasteiger partial charge in [0.25, 0.3) is 11.7 Å². The highest BCUT2D eigenvalue weighted by Crippen LogP contribution is 2.24. The first-order chi connectivity index (χ1) is 14.1. The zero-order valence-electron chi connectivity index (χ0n) is 16.6. The summed E-state index contributed by atoms with van der Waals surface area (Å²) in [5.74, 6) is -0.953. The monoisotopic (exact) mass is 385 g/mol. The SMILES string of the molecule is Cc1nn(-c2ccccc2)c(C)c1C(=O)C(=O)N1CC=C(c2ccccc2)CC1. The lowest BCUT2D eigenvalue weighted by molar-refractivity contribution is -0.126. The molecule has 0 atom stereocenters. The minimum Gasteiger partial charge on any atom is -0.332 e. The Morgan fingerprint density at radius 1 is 0.931 bits per heavy atom. The van der Waals surface area contributed by atoms with Gasteiger partial charge >= 0.3 is 0 Å². The number of aryl methyl sites for hydroxylation is 1. The predicted octanol–water partition coefficient (Wildman–Crippen LogP) is 3.99. The predicted molar refractivity (Wildman–Crippen MR) is 113 cm³/mol. The Bertz CT molecular complexity index is 1080. The first-order valence-corrected chi connectivity index (χ1v) is 9.76. The minimum atomic E-state index is -0.487. The molecular weight excluding hydrogens is 362 g/mol. The molecule has 1 aliphatic rings. The van der Waals surface area contributed by atoms with E-state index in [2.05, 4.69) is 17.2 Å². The van der Waals surface area contributed by atoms with E-state index in [9.17, 15) is 9.59 Å². The molecule has 0 bridgehead atoms. The Morgan fingerprint density at radius 2 is 1.59 bits per heavy atom. The zero-order valence-corrected chi connectivity index (χ0v) is 16.6. The van der Waals surface area contributed by atoms with Gasteiger partial charge in [-0.2, -0.15) is 5.10 Å².